The first kappa shape index (κ1) is 25.1. The van der Waals surface area contributed by atoms with Crippen molar-refractivity contribution >= 4 is 23.4 Å². The minimum atomic E-state index is -1.28. The predicted octanol–water partition coefficient (Wildman–Crippen LogP) is 3.96. The van der Waals surface area contributed by atoms with E-state index in [2.05, 4.69) is 24.3 Å². The lowest BCUT2D eigenvalue weighted by molar-refractivity contribution is -0.200. The molecule has 4 fully saturated rings. The number of halogens is 1. The SMILES string of the molecule is CS[C@H]1OC(c2ccc(Cl)c(Cc3ccc([C@]45CCC6(C[C@H]4C5)OCCO6)cc3)c2)[C@H](O)[C@@H](O)[C@@H]1O. The fraction of sp³-hybridized carbons (Fsp3) is 0.571. The summed E-state index contributed by atoms with van der Waals surface area (Å²) in [4.78, 5) is 0. The summed E-state index contributed by atoms with van der Waals surface area (Å²) < 4.78 is 17.8. The number of hydrogen-bond donors (Lipinski definition) is 3. The highest BCUT2D eigenvalue weighted by molar-refractivity contribution is 7.99. The summed E-state index contributed by atoms with van der Waals surface area (Å²) in [7, 11) is 0. The van der Waals surface area contributed by atoms with E-state index in [1.165, 1.54) is 23.7 Å². The maximum absolute atomic E-state index is 10.6. The van der Waals surface area contributed by atoms with Gasteiger partial charge in [0.2, 0.25) is 0 Å². The third-order valence-corrected chi connectivity index (χ3v) is 9.90. The summed E-state index contributed by atoms with van der Waals surface area (Å²) in [6.07, 6.45) is 2.33. The number of fused-ring (bicyclic) bond motifs is 1. The van der Waals surface area contributed by atoms with Crippen molar-refractivity contribution in [2.24, 2.45) is 5.92 Å². The maximum Gasteiger partial charge on any atom is 0.168 e. The second kappa shape index (κ2) is 9.54. The molecule has 0 radical (unpaired) electrons. The number of rotatable bonds is 5. The lowest BCUT2D eigenvalue weighted by atomic mass is 9.80. The first-order valence-electron chi connectivity index (χ1n) is 12.7. The van der Waals surface area contributed by atoms with E-state index in [1.807, 2.05) is 12.1 Å². The van der Waals surface area contributed by atoms with E-state index in [9.17, 15) is 15.3 Å². The molecule has 4 aliphatic rings. The average Bonchev–Trinajstić information content (AvgIpc) is 3.44. The minimum Gasteiger partial charge on any atom is -0.387 e. The summed E-state index contributed by atoms with van der Waals surface area (Å²) in [5.74, 6) is 0.300. The van der Waals surface area contributed by atoms with Gasteiger partial charge < -0.3 is 29.5 Å². The molecule has 6 nitrogen and oxygen atoms in total. The molecule has 2 aromatic rings. The van der Waals surface area contributed by atoms with Gasteiger partial charge in [-0.1, -0.05) is 48.0 Å². The Kier molecular flexibility index (Phi) is 6.66. The van der Waals surface area contributed by atoms with Crippen LogP contribution in [-0.4, -0.2) is 64.3 Å². The highest BCUT2D eigenvalue weighted by atomic mass is 35.5. The van der Waals surface area contributed by atoms with Crippen molar-refractivity contribution in [2.45, 2.75) is 73.2 Å². The van der Waals surface area contributed by atoms with Gasteiger partial charge in [0.15, 0.2) is 5.79 Å². The summed E-state index contributed by atoms with van der Waals surface area (Å²) in [5, 5.41) is 31.7. The Bertz CT molecular complexity index is 1100. The second-order valence-electron chi connectivity index (χ2n) is 10.7. The van der Waals surface area contributed by atoms with Crippen LogP contribution in [0.1, 0.15) is 54.0 Å². The van der Waals surface area contributed by atoms with E-state index in [0.29, 0.717) is 30.6 Å². The molecule has 2 saturated carbocycles. The van der Waals surface area contributed by atoms with Gasteiger partial charge >= 0.3 is 0 Å². The monoisotopic (exact) mass is 532 g/mol. The van der Waals surface area contributed by atoms with Crippen LogP contribution in [0.4, 0.5) is 0 Å². The fourth-order valence-electron chi connectivity index (χ4n) is 6.50. The highest BCUT2D eigenvalue weighted by Crippen LogP contribution is 2.65. The van der Waals surface area contributed by atoms with Gasteiger partial charge in [-0.2, -0.15) is 0 Å². The largest absolute Gasteiger partial charge is 0.387 e. The molecule has 2 saturated heterocycles. The Hall–Kier alpha value is -1.16. The van der Waals surface area contributed by atoms with Crippen LogP contribution in [0.5, 0.6) is 0 Å². The molecule has 1 unspecified atom stereocenters. The standard InChI is InChI=1S/C28H33ClO6S/c1-36-26-24(32)22(30)23(31)25(35-26)17-4-7-21(29)18(13-17)12-16-2-5-19(6-3-16)27-8-9-28(15-20(27)14-27)33-10-11-34-28/h2-7,13,20,22-26,30-32H,8-12,14-15H2,1H3/t20-,22-,23-,24+,25?,26-,27-/m1/s1. The van der Waals surface area contributed by atoms with Crippen molar-refractivity contribution in [3.05, 3.63) is 69.7 Å². The summed E-state index contributed by atoms with van der Waals surface area (Å²) in [6, 6.07) is 14.4. The number of thioether (sulfide) groups is 1. The van der Waals surface area contributed by atoms with Crippen molar-refractivity contribution in [1.29, 1.82) is 0 Å². The van der Waals surface area contributed by atoms with E-state index in [4.69, 9.17) is 25.8 Å². The van der Waals surface area contributed by atoms with Gasteiger partial charge in [-0.15, -0.1) is 11.8 Å². The molecule has 7 atom stereocenters. The molecule has 8 heteroatoms. The predicted molar refractivity (Wildman–Crippen MR) is 138 cm³/mol. The van der Waals surface area contributed by atoms with Crippen LogP contribution in [0, 0.1) is 5.92 Å². The molecular weight excluding hydrogens is 500 g/mol. The summed E-state index contributed by atoms with van der Waals surface area (Å²) >= 11 is 7.86. The molecule has 2 aliphatic carbocycles. The smallest absolute Gasteiger partial charge is 0.168 e. The quantitative estimate of drug-likeness (QED) is 0.537. The molecule has 0 bridgehead atoms. The summed E-state index contributed by atoms with van der Waals surface area (Å²) in [6.45, 7) is 1.43. The topological polar surface area (TPSA) is 88.4 Å². The number of hydrogen-bond acceptors (Lipinski definition) is 7. The van der Waals surface area contributed by atoms with Crippen LogP contribution in [0.2, 0.25) is 5.02 Å². The lowest BCUT2D eigenvalue weighted by Gasteiger charge is -2.40. The van der Waals surface area contributed by atoms with E-state index in [-0.39, 0.29) is 11.2 Å². The number of aliphatic hydroxyl groups is 3. The van der Waals surface area contributed by atoms with Gasteiger partial charge in [0.25, 0.3) is 0 Å². The Labute approximate surface area is 220 Å². The van der Waals surface area contributed by atoms with Gasteiger partial charge in [-0.25, -0.2) is 0 Å². The zero-order valence-electron chi connectivity index (χ0n) is 20.3. The Morgan fingerprint density at radius 3 is 2.39 bits per heavy atom. The molecule has 0 aromatic heterocycles. The third kappa shape index (κ3) is 4.31. The molecule has 2 aromatic carbocycles. The lowest BCUT2D eigenvalue weighted by Crippen LogP contribution is -2.52. The van der Waals surface area contributed by atoms with E-state index < -0.39 is 29.9 Å². The minimum absolute atomic E-state index is 0.268. The molecule has 36 heavy (non-hydrogen) atoms. The Morgan fingerprint density at radius 2 is 1.69 bits per heavy atom. The molecule has 1 spiro atoms. The van der Waals surface area contributed by atoms with Crippen LogP contribution in [0.3, 0.4) is 0 Å². The van der Waals surface area contributed by atoms with E-state index >= 15 is 0 Å². The molecule has 0 amide bonds. The normalized spacial score (nSPS) is 37.1. The van der Waals surface area contributed by atoms with Crippen molar-refractivity contribution in [1.82, 2.24) is 0 Å². The van der Waals surface area contributed by atoms with Crippen molar-refractivity contribution in [2.75, 3.05) is 19.5 Å². The van der Waals surface area contributed by atoms with Gasteiger partial charge in [-0.3, -0.25) is 0 Å². The third-order valence-electron chi connectivity index (χ3n) is 8.68. The first-order chi connectivity index (χ1) is 17.3. The molecule has 3 N–H and O–H groups in total. The molecule has 6 rings (SSSR count). The Balaban J connectivity index is 1.17. The molecular formula is C28H33ClO6S. The zero-order valence-corrected chi connectivity index (χ0v) is 21.9. The van der Waals surface area contributed by atoms with Gasteiger partial charge in [0, 0.05) is 17.9 Å². The van der Waals surface area contributed by atoms with Crippen LogP contribution in [0.25, 0.3) is 0 Å². The highest BCUT2D eigenvalue weighted by Gasteiger charge is 2.62. The van der Waals surface area contributed by atoms with Gasteiger partial charge in [-0.05, 0) is 65.2 Å². The average molecular weight is 533 g/mol. The fourth-order valence-corrected chi connectivity index (χ4v) is 7.36. The Morgan fingerprint density at radius 1 is 0.944 bits per heavy atom. The first-order valence-corrected chi connectivity index (χ1v) is 14.4. The van der Waals surface area contributed by atoms with E-state index in [1.54, 1.807) is 12.3 Å². The maximum atomic E-state index is 10.6. The number of aliphatic hydroxyl groups excluding tert-OH is 3. The van der Waals surface area contributed by atoms with Gasteiger partial charge in [0.1, 0.15) is 29.9 Å². The van der Waals surface area contributed by atoms with Crippen molar-refractivity contribution in [3.8, 4) is 0 Å². The van der Waals surface area contributed by atoms with Crippen molar-refractivity contribution in [3.63, 3.8) is 0 Å². The number of ether oxygens (including phenoxy) is 3. The van der Waals surface area contributed by atoms with Crippen LogP contribution >= 0.6 is 23.4 Å². The zero-order chi connectivity index (χ0) is 25.1. The van der Waals surface area contributed by atoms with E-state index in [0.717, 1.165) is 36.0 Å². The van der Waals surface area contributed by atoms with Gasteiger partial charge in [0.05, 0.1) is 13.2 Å². The molecule has 2 aliphatic heterocycles. The molecule has 2 heterocycles. The van der Waals surface area contributed by atoms with Crippen LogP contribution in [-0.2, 0) is 26.0 Å². The van der Waals surface area contributed by atoms with Crippen LogP contribution < -0.4 is 0 Å². The van der Waals surface area contributed by atoms with Crippen LogP contribution in [0.15, 0.2) is 42.5 Å². The summed E-state index contributed by atoms with van der Waals surface area (Å²) in [5.41, 5.74) is 3.87. The number of benzene rings is 2. The molecule has 194 valence electrons. The second-order valence-corrected chi connectivity index (χ2v) is 12.1. The van der Waals surface area contributed by atoms with Crippen molar-refractivity contribution < 1.29 is 29.5 Å².